The standard InChI is InChI=1S/C10H21N3O2S/c1-9-7-10(9)8-12(2)16(14,15)13-5-3-11-4-6-13/h9-11H,3-8H2,1-2H3. The van der Waals surface area contributed by atoms with Crippen LogP contribution in [-0.2, 0) is 10.2 Å². The van der Waals surface area contributed by atoms with Gasteiger partial charge in [-0.15, -0.1) is 0 Å². The summed E-state index contributed by atoms with van der Waals surface area (Å²) in [5, 5.41) is 3.16. The van der Waals surface area contributed by atoms with Gasteiger partial charge in [0.25, 0.3) is 10.2 Å². The minimum absolute atomic E-state index is 0.572. The van der Waals surface area contributed by atoms with Gasteiger partial charge in [-0.3, -0.25) is 0 Å². The van der Waals surface area contributed by atoms with Crippen molar-refractivity contribution in [1.82, 2.24) is 13.9 Å². The molecule has 1 heterocycles. The van der Waals surface area contributed by atoms with Crippen LogP contribution in [0.3, 0.4) is 0 Å². The molecule has 16 heavy (non-hydrogen) atoms. The third-order valence-corrected chi connectivity index (χ3v) is 5.52. The highest BCUT2D eigenvalue weighted by Gasteiger charge is 2.37. The zero-order valence-electron chi connectivity index (χ0n) is 10.0. The lowest BCUT2D eigenvalue weighted by molar-refractivity contribution is 0.322. The molecular formula is C10H21N3O2S. The monoisotopic (exact) mass is 247 g/mol. The molecule has 0 bridgehead atoms. The quantitative estimate of drug-likeness (QED) is 0.744. The van der Waals surface area contributed by atoms with E-state index >= 15 is 0 Å². The number of hydrogen-bond donors (Lipinski definition) is 1. The summed E-state index contributed by atoms with van der Waals surface area (Å²) in [5.41, 5.74) is 0. The smallest absolute Gasteiger partial charge is 0.281 e. The van der Waals surface area contributed by atoms with E-state index in [9.17, 15) is 8.42 Å². The lowest BCUT2D eigenvalue weighted by Gasteiger charge is -2.30. The molecule has 1 N–H and O–H groups in total. The minimum atomic E-state index is -3.21. The van der Waals surface area contributed by atoms with E-state index in [1.165, 1.54) is 10.7 Å². The summed E-state index contributed by atoms with van der Waals surface area (Å²) in [7, 11) is -1.52. The first-order chi connectivity index (χ1) is 7.51. The summed E-state index contributed by atoms with van der Waals surface area (Å²) >= 11 is 0. The Morgan fingerprint density at radius 2 is 1.94 bits per heavy atom. The lowest BCUT2D eigenvalue weighted by Crippen LogP contribution is -2.51. The van der Waals surface area contributed by atoms with Crippen LogP contribution in [0, 0.1) is 11.8 Å². The highest BCUT2D eigenvalue weighted by molar-refractivity contribution is 7.86. The van der Waals surface area contributed by atoms with E-state index in [0.717, 1.165) is 13.1 Å². The van der Waals surface area contributed by atoms with Crippen molar-refractivity contribution in [3.8, 4) is 0 Å². The second-order valence-corrected chi connectivity index (χ2v) is 6.95. The van der Waals surface area contributed by atoms with Crippen molar-refractivity contribution >= 4 is 10.2 Å². The largest absolute Gasteiger partial charge is 0.314 e. The van der Waals surface area contributed by atoms with Crippen LogP contribution in [0.2, 0.25) is 0 Å². The predicted molar refractivity (Wildman–Crippen MR) is 63.3 cm³/mol. The van der Waals surface area contributed by atoms with Crippen LogP contribution in [0.1, 0.15) is 13.3 Å². The summed E-state index contributed by atoms with van der Waals surface area (Å²) in [6, 6.07) is 0. The number of nitrogens with one attached hydrogen (secondary N) is 1. The Balaban J connectivity index is 1.94. The van der Waals surface area contributed by atoms with E-state index in [2.05, 4.69) is 12.2 Å². The first kappa shape index (κ1) is 12.3. The molecule has 2 fully saturated rings. The Hall–Kier alpha value is -0.170. The first-order valence-electron chi connectivity index (χ1n) is 5.94. The fraction of sp³-hybridized carbons (Fsp3) is 1.00. The van der Waals surface area contributed by atoms with Gasteiger partial charge < -0.3 is 5.32 Å². The third kappa shape index (κ3) is 2.56. The van der Waals surface area contributed by atoms with Gasteiger partial charge in [0.1, 0.15) is 0 Å². The topological polar surface area (TPSA) is 52.7 Å². The van der Waals surface area contributed by atoms with Gasteiger partial charge in [0.05, 0.1) is 0 Å². The van der Waals surface area contributed by atoms with Crippen LogP contribution in [0.15, 0.2) is 0 Å². The summed E-state index contributed by atoms with van der Waals surface area (Å²) < 4.78 is 27.5. The van der Waals surface area contributed by atoms with Gasteiger partial charge in [0, 0.05) is 39.8 Å². The molecule has 2 rings (SSSR count). The van der Waals surface area contributed by atoms with Crippen molar-refractivity contribution in [3.63, 3.8) is 0 Å². The maximum atomic E-state index is 12.2. The van der Waals surface area contributed by atoms with Gasteiger partial charge in [0.2, 0.25) is 0 Å². The van der Waals surface area contributed by atoms with Crippen LogP contribution in [0.4, 0.5) is 0 Å². The van der Waals surface area contributed by atoms with Crippen molar-refractivity contribution in [2.45, 2.75) is 13.3 Å². The van der Waals surface area contributed by atoms with Crippen molar-refractivity contribution < 1.29 is 8.42 Å². The predicted octanol–water partition coefficient (Wildman–Crippen LogP) is -0.276. The fourth-order valence-corrected chi connectivity index (χ4v) is 3.57. The average Bonchev–Trinajstić information content (AvgIpc) is 2.95. The summed E-state index contributed by atoms with van der Waals surface area (Å²) in [4.78, 5) is 0. The van der Waals surface area contributed by atoms with Gasteiger partial charge in [-0.05, 0) is 18.3 Å². The van der Waals surface area contributed by atoms with E-state index < -0.39 is 10.2 Å². The molecule has 6 heteroatoms. The van der Waals surface area contributed by atoms with Gasteiger partial charge in [-0.1, -0.05) is 6.92 Å². The molecule has 1 saturated heterocycles. The first-order valence-corrected chi connectivity index (χ1v) is 7.33. The van der Waals surface area contributed by atoms with Crippen LogP contribution >= 0.6 is 0 Å². The zero-order valence-corrected chi connectivity index (χ0v) is 10.8. The Morgan fingerprint density at radius 3 is 2.44 bits per heavy atom. The second-order valence-electron chi connectivity index (χ2n) is 4.91. The maximum Gasteiger partial charge on any atom is 0.281 e. The van der Waals surface area contributed by atoms with E-state index in [1.54, 1.807) is 11.4 Å². The molecule has 0 aromatic carbocycles. The SMILES string of the molecule is CC1CC1CN(C)S(=O)(=O)N1CCNCC1. The normalized spacial score (nSPS) is 31.9. The molecule has 0 spiro atoms. The highest BCUT2D eigenvalue weighted by atomic mass is 32.2. The molecular weight excluding hydrogens is 226 g/mol. The zero-order chi connectivity index (χ0) is 11.8. The Labute approximate surface area is 98.0 Å². The van der Waals surface area contributed by atoms with Crippen LogP contribution < -0.4 is 5.32 Å². The van der Waals surface area contributed by atoms with E-state index in [-0.39, 0.29) is 0 Å². The number of nitrogens with zero attached hydrogens (tertiary/aromatic N) is 2. The molecule has 1 saturated carbocycles. The molecule has 1 aliphatic heterocycles. The lowest BCUT2D eigenvalue weighted by atomic mass is 10.3. The van der Waals surface area contributed by atoms with Crippen molar-refractivity contribution in [2.75, 3.05) is 39.8 Å². The molecule has 2 unspecified atom stereocenters. The van der Waals surface area contributed by atoms with Crippen molar-refractivity contribution in [2.24, 2.45) is 11.8 Å². The highest BCUT2D eigenvalue weighted by Crippen LogP contribution is 2.38. The molecule has 2 aliphatic rings. The van der Waals surface area contributed by atoms with E-state index in [0.29, 0.717) is 31.5 Å². The van der Waals surface area contributed by atoms with Gasteiger partial charge in [-0.25, -0.2) is 0 Å². The van der Waals surface area contributed by atoms with Crippen molar-refractivity contribution in [3.05, 3.63) is 0 Å². The van der Waals surface area contributed by atoms with Gasteiger partial charge in [0.15, 0.2) is 0 Å². The molecule has 5 nitrogen and oxygen atoms in total. The third-order valence-electron chi connectivity index (χ3n) is 3.56. The minimum Gasteiger partial charge on any atom is -0.314 e. The molecule has 0 radical (unpaired) electrons. The summed E-state index contributed by atoms with van der Waals surface area (Å²) in [5.74, 6) is 1.27. The molecule has 1 aliphatic carbocycles. The van der Waals surface area contributed by atoms with Crippen LogP contribution in [-0.4, -0.2) is 56.8 Å². The number of hydrogen-bond acceptors (Lipinski definition) is 3. The molecule has 94 valence electrons. The summed E-state index contributed by atoms with van der Waals surface area (Å²) in [6.07, 6.45) is 1.17. The molecule has 0 aromatic heterocycles. The fourth-order valence-electron chi connectivity index (χ4n) is 2.15. The van der Waals surface area contributed by atoms with Gasteiger partial charge >= 0.3 is 0 Å². The van der Waals surface area contributed by atoms with Crippen LogP contribution in [0.5, 0.6) is 0 Å². The average molecular weight is 247 g/mol. The maximum absolute atomic E-state index is 12.2. The molecule has 2 atom stereocenters. The Morgan fingerprint density at radius 1 is 1.38 bits per heavy atom. The number of piperazine rings is 1. The Kier molecular flexibility index (Phi) is 3.53. The second kappa shape index (κ2) is 4.60. The summed E-state index contributed by atoms with van der Waals surface area (Å²) in [6.45, 7) is 5.54. The number of rotatable bonds is 4. The van der Waals surface area contributed by atoms with Gasteiger partial charge in [-0.2, -0.15) is 17.0 Å². The van der Waals surface area contributed by atoms with E-state index in [1.807, 2.05) is 0 Å². The Bertz CT molecular complexity index is 338. The van der Waals surface area contributed by atoms with E-state index in [4.69, 9.17) is 0 Å². The van der Waals surface area contributed by atoms with Crippen LogP contribution in [0.25, 0.3) is 0 Å². The molecule has 0 amide bonds. The molecule has 0 aromatic rings. The van der Waals surface area contributed by atoms with Crippen molar-refractivity contribution in [1.29, 1.82) is 0 Å².